The van der Waals surface area contributed by atoms with Crippen LogP contribution in [0, 0.1) is 17.8 Å². The largest absolute Gasteiger partial charge is 0.493 e. The van der Waals surface area contributed by atoms with E-state index in [4.69, 9.17) is 9.47 Å². The Balaban J connectivity index is 1.17. The van der Waals surface area contributed by atoms with E-state index in [0.717, 1.165) is 24.2 Å². The number of esters is 1. The highest BCUT2D eigenvalue weighted by molar-refractivity contribution is 5.75. The van der Waals surface area contributed by atoms with Crippen molar-refractivity contribution in [1.29, 1.82) is 0 Å². The number of hydrogen-bond acceptors (Lipinski definition) is 3. The molecular weight excluding hydrogens is 360 g/mol. The van der Waals surface area contributed by atoms with Crippen molar-refractivity contribution < 1.29 is 14.3 Å². The predicted molar refractivity (Wildman–Crippen MR) is 116 cm³/mol. The van der Waals surface area contributed by atoms with Gasteiger partial charge in [-0.1, -0.05) is 51.2 Å². The first kappa shape index (κ1) is 20.8. The topological polar surface area (TPSA) is 35.5 Å². The Morgan fingerprint density at radius 1 is 0.931 bits per heavy atom. The molecule has 1 aliphatic heterocycles. The van der Waals surface area contributed by atoms with Gasteiger partial charge in [-0.15, -0.1) is 0 Å². The molecule has 2 aliphatic carbocycles. The molecule has 3 nitrogen and oxygen atoms in total. The maximum absolute atomic E-state index is 11.0. The summed E-state index contributed by atoms with van der Waals surface area (Å²) in [6.07, 6.45) is 15.3. The van der Waals surface area contributed by atoms with Gasteiger partial charge in [0.05, 0.1) is 13.0 Å². The van der Waals surface area contributed by atoms with E-state index in [1.807, 2.05) is 0 Å². The SMILES string of the molecule is CCCCC1CCC(COc2ccc(C3CCC(C4CC(=O)O4)CC3)cc2)CC1. The van der Waals surface area contributed by atoms with Crippen LogP contribution in [-0.4, -0.2) is 18.7 Å². The summed E-state index contributed by atoms with van der Waals surface area (Å²) >= 11 is 0. The quantitative estimate of drug-likeness (QED) is 0.460. The molecule has 1 aromatic carbocycles. The van der Waals surface area contributed by atoms with E-state index in [1.165, 1.54) is 76.2 Å². The van der Waals surface area contributed by atoms with Crippen molar-refractivity contribution in [2.24, 2.45) is 17.8 Å². The normalized spacial score (nSPS) is 32.3. The monoisotopic (exact) mass is 398 g/mol. The maximum atomic E-state index is 11.0. The molecule has 0 spiro atoms. The van der Waals surface area contributed by atoms with Crippen molar-refractivity contribution in [3.8, 4) is 5.75 Å². The molecule has 1 aromatic rings. The minimum Gasteiger partial charge on any atom is -0.493 e. The number of carbonyl (C=O) groups excluding carboxylic acids is 1. The van der Waals surface area contributed by atoms with Crippen molar-refractivity contribution >= 4 is 5.97 Å². The summed E-state index contributed by atoms with van der Waals surface area (Å²) in [4.78, 5) is 11.0. The van der Waals surface area contributed by atoms with Crippen LogP contribution in [0.25, 0.3) is 0 Å². The fourth-order valence-corrected chi connectivity index (χ4v) is 5.64. The van der Waals surface area contributed by atoms with Crippen molar-refractivity contribution in [1.82, 2.24) is 0 Å². The number of cyclic esters (lactones) is 1. The van der Waals surface area contributed by atoms with Crippen LogP contribution in [0.4, 0.5) is 0 Å². The summed E-state index contributed by atoms with van der Waals surface area (Å²) in [5, 5.41) is 0. The highest BCUT2D eigenvalue weighted by Gasteiger charge is 2.37. The molecule has 0 aromatic heterocycles. The van der Waals surface area contributed by atoms with Crippen molar-refractivity contribution in [2.75, 3.05) is 6.61 Å². The Kier molecular flexibility index (Phi) is 7.15. The van der Waals surface area contributed by atoms with Gasteiger partial charge in [-0.3, -0.25) is 4.79 Å². The van der Waals surface area contributed by atoms with Gasteiger partial charge in [0.15, 0.2) is 0 Å². The molecule has 0 N–H and O–H groups in total. The lowest BCUT2D eigenvalue weighted by Crippen LogP contribution is -2.40. The van der Waals surface area contributed by atoms with Crippen molar-refractivity contribution in [3.63, 3.8) is 0 Å². The maximum Gasteiger partial charge on any atom is 0.309 e. The molecule has 3 aliphatic rings. The Hall–Kier alpha value is -1.51. The van der Waals surface area contributed by atoms with E-state index < -0.39 is 0 Å². The van der Waals surface area contributed by atoms with Gasteiger partial charge < -0.3 is 9.47 Å². The molecule has 29 heavy (non-hydrogen) atoms. The molecule has 0 amide bonds. The average Bonchev–Trinajstić information content (AvgIpc) is 2.75. The van der Waals surface area contributed by atoms with E-state index in [9.17, 15) is 4.79 Å². The Morgan fingerprint density at radius 2 is 1.59 bits per heavy atom. The highest BCUT2D eigenvalue weighted by atomic mass is 16.6. The lowest BCUT2D eigenvalue weighted by molar-refractivity contribution is -0.176. The zero-order chi connectivity index (χ0) is 20.1. The van der Waals surface area contributed by atoms with Crippen molar-refractivity contribution in [3.05, 3.63) is 29.8 Å². The summed E-state index contributed by atoms with van der Waals surface area (Å²) in [7, 11) is 0. The van der Waals surface area contributed by atoms with E-state index in [0.29, 0.717) is 18.3 Å². The second-order valence-electron chi connectivity index (χ2n) is 9.75. The molecule has 4 rings (SSSR count). The van der Waals surface area contributed by atoms with Gasteiger partial charge in [0.1, 0.15) is 11.9 Å². The molecule has 1 atom stereocenters. The van der Waals surface area contributed by atoms with Crippen LogP contribution in [0.5, 0.6) is 5.75 Å². The third kappa shape index (κ3) is 5.55. The number of rotatable bonds is 8. The van der Waals surface area contributed by atoms with Gasteiger partial charge in [-0.2, -0.15) is 0 Å². The third-order valence-electron chi connectivity index (χ3n) is 7.72. The van der Waals surface area contributed by atoms with E-state index in [-0.39, 0.29) is 12.1 Å². The minimum atomic E-state index is -0.0164. The smallest absolute Gasteiger partial charge is 0.309 e. The van der Waals surface area contributed by atoms with Crippen LogP contribution in [-0.2, 0) is 9.53 Å². The molecule has 1 heterocycles. The van der Waals surface area contributed by atoms with Crippen LogP contribution in [0.2, 0.25) is 0 Å². The summed E-state index contributed by atoms with van der Waals surface area (Å²) in [6.45, 7) is 3.17. The van der Waals surface area contributed by atoms with Crippen LogP contribution >= 0.6 is 0 Å². The van der Waals surface area contributed by atoms with Gasteiger partial charge in [0.2, 0.25) is 0 Å². The fourth-order valence-electron chi connectivity index (χ4n) is 5.64. The highest BCUT2D eigenvalue weighted by Crippen LogP contribution is 2.40. The first-order chi connectivity index (χ1) is 14.2. The predicted octanol–water partition coefficient (Wildman–Crippen LogP) is 6.65. The Bertz CT molecular complexity index is 628. The molecule has 3 heteroatoms. The van der Waals surface area contributed by atoms with Crippen LogP contribution < -0.4 is 4.74 Å². The van der Waals surface area contributed by atoms with Gasteiger partial charge >= 0.3 is 5.97 Å². The molecule has 1 saturated heterocycles. The standard InChI is InChI=1S/C26H38O3/c1-2-3-4-19-5-7-20(8-6-19)18-28-24-15-13-22(14-16-24)21-9-11-23(12-10-21)25-17-26(27)29-25/h13-16,19-21,23,25H,2-12,17-18H2,1H3. The first-order valence-corrected chi connectivity index (χ1v) is 12.1. The fraction of sp³-hybridized carbons (Fsp3) is 0.731. The molecule has 1 unspecified atom stereocenters. The zero-order valence-corrected chi connectivity index (χ0v) is 18.1. The number of benzene rings is 1. The van der Waals surface area contributed by atoms with Gasteiger partial charge in [0, 0.05) is 0 Å². The number of hydrogen-bond donors (Lipinski definition) is 0. The van der Waals surface area contributed by atoms with Gasteiger partial charge in [-0.05, 0) is 79.9 Å². The molecular formula is C26H38O3. The summed E-state index contributed by atoms with van der Waals surface area (Å²) < 4.78 is 11.4. The zero-order valence-electron chi connectivity index (χ0n) is 18.1. The number of ether oxygens (including phenoxy) is 2. The van der Waals surface area contributed by atoms with Crippen LogP contribution in [0.3, 0.4) is 0 Å². The van der Waals surface area contributed by atoms with Gasteiger partial charge in [0.25, 0.3) is 0 Å². The Morgan fingerprint density at radius 3 is 2.21 bits per heavy atom. The van der Waals surface area contributed by atoms with Crippen LogP contribution in [0.15, 0.2) is 24.3 Å². The van der Waals surface area contributed by atoms with Gasteiger partial charge in [-0.25, -0.2) is 0 Å². The van der Waals surface area contributed by atoms with Crippen LogP contribution in [0.1, 0.15) is 95.5 Å². The summed E-state index contributed by atoms with van der Waals surface area (Å²) in [5.41, 5.74) is 1.44. The Labute approximate surface area is 176 Å². The van der Waals surface area contributed by atoms with Crippen molar-refractivity contribution in [2.45, 2.75) is 96.0 Å². The molecule has 160 valence electrons. The summed E-state index contributed by atoms with van der Waals surface area (Å²) in [6, 6.07) is 8.88. The molecule has 3 fully saturated rings. The second kappa shape index (κ2) is 10.00. The van der Waals surface area contributed by atoms with E-state index in [1.54, 1.807) is 0 Å². The number of carbonyl (C=O) groups is 1. The molecule has 2 saturated carbocycles. The number of unbranched alkanes of at least 4 members (excludes halogenated alkanes) is 1. The summed E-state index contributed by atoms with van der Waals surface area (Å²) in [5.74, 6) is 3.95. The first-order valence-electron chi connectivity index (χ1n) is 12.1. The third-order valence-corrected chi connectivity index (χ3v) is 7.72. The second-order valence-corrected chi connectivity index (χ2v) is 9.75. The molecule has 0 radical (unpaired) electrons. The van der Waals surface area contributed by atoms with E-state index >= 15 is 0 Å². The van der Waals surface area contributed by atoms with E-state index in [2.05, 4.69) is 31.2 Å². The molecule has 0 bridgehead atoms. The minimum absolute atomic E-state index is 0.0164. The lowest BCUT2D eigenvalue weighted by Gasteiger charge is -2.37. The lowest BCUT2D eigenvalue weighted by atomic mass is 9.75. The average molecular weight is 399 g/mol.